The molecule has 0 aromatic carbocycles. The van der Waals surface area contributed by atoms with E-state index in [1.165, 1.54) is 13.0 Å². The Labute approximate surface area is 87.8 Å². The van der Waals surface area contributed by atoms with Crippen LogP contribution in [0.1, 0.15) is 20.3 Å². The van der Waals surface area contributed by atoms with E-state index in [9.17, 15) is 0 Å². The van der Waals surface area contributed by atoms with E-state index in [1.807, 2.05) is 0 Å². The van der Waals surface area contributed by atoms with Gasteiger partial charge in [-0.2, -0.15) is 0 Å². The zero-order chi connectivity index (χ0) is 10.6. The first-order chi connectivity index (χ1) is 6.70. The third-order valence-corrected chi connectivity index (χ3v) is 3.45. The van der Waals surface area contributed by atoms with Gasteiger partial charge in [0.2, 0.25) is 0 Å². The summed E-state index contributed by atoms with van der Waals surface area (Å²) in [5.41, 5.74) is 0. The topological polar surface area (TPSA) is 24.5 Å². The lowest BCUT2D eigenvalue weighted by atomic mass is 9.99. The van der Waals surface area contributed by atoms with Crippen molar-refractivity contribution in [3.8, 4) is 0 Å². The Balaban J connectivity index is 2.45. The predicted octanol–water partition coefficient (Wildman–Crippen LogP) is 0.951. The van der Waals surface area contributed by atoms with Crippen LogP contribution in [0.25, 0.3) is 0 Å². The smallest absolute Gasteiger partial charge is 0.0615 e. The highest BCUT2D eigenvalue weighted by atomic mass is 16.5. The molecule has 3 nitrogen and oxygen atoms in total. The van der Waals surface area contributed by atoms with Crippen LogP contribution in [0.3, 0.4) is 0 Å². The quantitative estimate of drug-likeness (QED) is 0.715. The van der Waals surface area contributed by atoms with E-state index in [1.54, 1.807) is 7.11 Å². The largest absolute Gasteiger partial charge is 0.383 e. The highest BCUT2D eigenvalue weighted by Crippen LogP contribution is 2.19. The summed E-state index contributed by atoms with van der Waals surface area (Å²) in [6.07, 6.45) is 1.27. The average molecular weight is 200 g/mol. The maximum Gasteiger partial charge on any atom is 0.0615 e. The van der Waals surface area contributed by atoms with E-state index >= 15 is 0 Å². The summed E-state index contributed by atoms with van der Waals surface area (Å²) in [7, 11) is 3.98. The van der Waals surface area contributed by atoms with E-state index in [0.29, 0.717) is 12.1 Å². The first-order valence-corrected chi connectivity index (χ1v) is 5.62. The van der Waals surface area contributed by atoms with Crippen LogP contribution in [0.15, 0.2) is 0 Å². The molecule has 14 heavy (non-hydrogen) atoms. The summed E-state index contributed by atoms with van der Waals surface area (Å²) in [5, 5.41) is 3.47. The summed E-state index contributed by atoms with van der Waals surface area (Å²) in [5.74, 6) is 0.805. The van der Waals surface area contributed by atoms with Crippen molar-refractivity contribution in [3.63, 3.8) is 0 Å². The zero-order valence-electron chi connectivity index (χ0n) is 9.92. The van der Waals surface area contributed by atoms with Crippen molar-refractivity contribution >= 4 is 0 Å². The fourth-order valence-corrected chi connectivity index (χ4v) is 2.30. The van der Waals surface area contributed by atoms with Crippen LogP contribution in [0.5, 0.6) is 0 Å². The Morgan fingerprint density at radius 3 is 2.79 bits per heavy atom. The minimum atomic E-state index is 0.513. The monoisotopic (exact) mass is 200 g/mol. The molecular weight excluding hydrogens is 176 g/mol. The Morgan fingerprint density at radius 2 is 2.21 bits per heavy atom. The Kier molecular flexibility index (Phi) is 4.85. The number of ether oxygens (including phenoxy) is 1. The summed E-state index contributed by atoms with van der Waals surface area (Å²) in [6, 6.07) is 1.20. The minimum Gasteiger partial charge on any atom is -0.383 e. The van der Waals surface area contributed by atoms with Crippen LogP contribution in [0.2, 0.25) is 0 Å². The van der Waals surface area contributed by atoms with Gasteiger partial charge >= 0.3 is 0 Å². The first-order valence-electron chi connectivity index (χ1n) is 5.62. The summed E-state index contributed by atoms with van der Waals surface area (Å²) in [6.45, 7) is 7.63. The molecule has 0 aliphatic carbocycles. The lowest BCUT2D eigenvalue weighted by Gasteiger charge is -2.33. The van der Waals surface area contributed by atoms with Gasteiger partial charge in [0.25, 0.3) is 0 Å². The summed E-state index contributed by atoms with van der Waals surface area (Å²) in [4.78, 5) is 2.46. The normalized spacial score (nSPS) is 29.8. The second-order valence-corrected chi connectivity index (χ2v) is 4.36. The zero-order valence-corrected chi connectivity index (χ0v) is 9.92. The molecule has 0 aromatic rings. The van der Waals surface area contributed by atoms with Crippen molar-refractivity contribution in [1.82, 2.24) is 10.2 Å². The van der Waals surface area contributed by atoms with Crippen molar-refractivity contribution in [2.24, 2.45) is 5.92 Å². The standard InChI is InChI=1S/C11H24N2O/c1-5-10-6-12-7-11(10)13(3)9(2)8-14-4/h9-12H,5-8H2,1-4H3. The Bertz CT molecular complexity index is 163. The third kappa shape index (κ3) is 2.69. The van der Waals surface area contributed by atoms with Gasteiger partial charge in [-0.25, -0.2) is 0 Å². The highest BCUT2D eigenvalue weighted by molar-refractivity contribution is 4.88. The fourth-order valence-electron chi connectivity index (χ4n) is 2.30. The number of nitrogens with one attached hydrogen (secondary N) is 1. The molecule has 0 bridgehead atoms. The molecule has 1 heterocycles. The maximum atomic E-state index is 5.19. The van der Waals surface area contributed by atoms with E-state index in [0.717, 1.165) is 19.1 Å². The molecule has 0 spiro atoms. The van der Waals surface area contributed by atoms with Crippen molar-refractivity contribution in [2.45, 2.75) is 32.4 Å². The SMILES string of the molecule is CCC1CNCC1N(C)C(C)COC. The number of hydrogen-bond acceptors (Lipinski definition) is 3. The molecule has 1 N–H and O–H groups in total. The number of likely N-dealkylation sites (N-methyl/N-ethyl adjacent to an activating group) is 1. The van der Waals surface area contributed by atoms with Gasteiger partial charge in [0.15, 0.2) is 0 Å². The van der Waals surface area contributed by atoms with Crippen molar-refractivity contribution in [2.75, 3.05) is 33.9 Å². The van der Waals surface area contributed by atoms with Gasteiger partial charge in [-0.3, -0.25) is 4.90 Å². The van der Waals surface area contributed by atoms with Crippen LogP contribution in [-0.2, 0) is 4.74 Å². The number of nitrogens with zero attached hydrogens (tertiary/aromatic N) is 1. The lowest BCUT2D eigenvalue weighted by Crippen LogP contribution is -2.45. The molecule has 84 valence electrons. The molecular formula is C11H24N2O. The average Bonchev–Trinajstić information content (AvgIpc) is 2.64. The van der Waals surface area contributed by atoms with Gasteiger partial charge in [0, 0.05) is 25.7 Å². The fraction of sp³-hybridized carbons (Fsp3) is 1.00. The number of rotatable bonds is 5. The van der Waals surface area contributed by atoms with E-state index in [-0.39, 0.29) is 0 Å². The molecule has 1 aliphatic rings. The van der Waals surface area contributed by atoms with Gasteiger partial charge in [0.1, 0.15) is 0 Å². The summed E-state index contributed by atoms with van der Waals surface area (Å²) < 4.78 is 5.19. The molecule has 0 amide bonds. The Hall–Kier alpha value is -0.120. The van der Waals surface area contributed by atoms with Crippen LogP contribution >= 0.6 is 0 Å². The number of hydrogen-bond donors (Lipinski definition) is 1. The minimum absolute atomic E-state index is 0.513. The number of methoxy groups -OCH3 is 1. The van der Waals surface area contributed by atoms with Gasteiger partial charge in [-0.15, -0.1) is 0 Å². The van der Waals surface area contributed by atoms with Crippen molar-refractivity contribution in [1.29, 1.82) is 0 Å². The predicted molar refractivity (Wildman–Crippen MR) is 59.5 cm³/mol. The molecule has 3 heteroatoms. The highest BCUT2D eigenvalue weighted by Gasteiger charge is 2.30. The van der Waals surface area contributed by atoms with Crippen LogP contribution < -0.4 is 5.32 Å². The molecule has 3 unspecified atom stereocenters. The van der Waals surface area contributed by atoms with Crippen LogP contribution in [0, 0.1) is 5.92 Å². The van der Waals surface area contributed by atoms with Gasteiger partial charge in [-0.1, -0.05) is 13.3 Å². The molecule has 1 aliphatic heterocycles. The van der Waals surface area contributed by atoms with E-state index in [4.69, 9.17) is 4.74 Å². The van der Waals surface area contributed by atoms with Gasteiger partial charge in [0.05, 0.1) is 6.61 Å². The second-order valence-electron chi connectivity index (χ2n) is 4.36. The van der Waals surface area contributed by atoms with E-state index in [2.05, 4.69) is 31.1 Å². The Morgan fingerprint density at radius 1 is 1.50 bits per heavy atom. The van der Waals surface area contributed by atoms with Crippen LogP contribution in [-0.4, -0.2) is 50.8 Å². The van der Waals surface area contributed by atoms with Crippen molar-refractivity contribution in [3.05, 3.63) is 0 Å². The van der Waals surface area contributed by atoms with E-state index < -0.39 is 0 Å². The second kappa shape index (κ2) is 5.69. The molecule has 0 radical (unpaired) electrons. The maximum absolute atomic E-state index is 5.19. The summed E-state index contributed by atoms with van der Waals surface area (Å²) >= 11 is 0. The van der Waals surface area contributed by atoms with Gasteiger partial charge < -0.3 is 10.1 Å². The lowest BCUT2D eigenvalue weighted by molar-refractivity contribution is 0.0805. The molecule has 0 aromatic heterocycles. The molecule has 0 saturated carbocycles. The first kappa shape index (κ1) is 12.0. The molecule has 1 fully saturated rings. The molecule has 1 rings (SSSR count). The molecule has 3 atom stereocenters. The van der Waals surface area contributed by atoms with Crippen molar-refractivity contribution < 1.29 is 4.74 Å². The van der Waals surface area contributed by atoms with Gasteiger partial charge in [-0.05, 0) is 26.4 Å². The molecule has 1 saturated heterocycles. The third-order valence-electron chi connectivity index (χ3n) is 3.45. The van der Waals surface area contributed by atoms with Crippen LogP contribution in [0.4, 0.5) is 0 Å².